The van der Waals surface area contributed by atoms with E-state index in [4.69, 9.17) is 11.6 Å². The number of benzene rings is 2. The fourth-order valence-corrected chi connectivity index (χ4v) is 2.55. The molecule has 0 saturated carbocycles. The zero-order chi connectivity index (χ0) is 18.1. The summed E-state index contributed by atoms with van der Waals surface area (Å²) in [6.45, 7) is 0.579. The molecule has 3 nitrogen and oxygen atoms in total. The summed E-state index contributed by atoms with van der Waals surface area (Å²) in [5, 5.41) is 3.40. The van der Waals surface area contributed by atoms with Gasteiger partial charge in [-0.1, -0.05) is 23.7 Å². The topological polar surface area (TPSA) is 46.2 Å². The molecule has 1 amide bonds. The van der Waals surface area contributed by atoms with Crippen molar-refractivity contribution in [3.05, 3.63) is 70.5 Å². The Kier molecular flexibility index (Phi) is 7.61. The molecular formula is C20H21ClFNO2. The number of carbonyl (C=O) groups excluding carboxylic acids is 2. The van der Waals surface area contributed by atoms with Crippen LogP contribution in [0.15, 0.2) is 48.5 Å². The normalized spacial score (nSPS) is 10.5. The number of unbranched alkanes of at least 4 members (excludes halogenated alkanes) is 1. The summed E-state index contributed by atoms with van der Waals surface area (Å²) in [4.78, 5) is 23.7. The molecule has 2 aromatic carbocycles. The van der Waals surface area contributed by atoms with Gasteiger partial charge in [0.15, 0.2) is 5.78 Å². The number of nitrogens with one attached hydrogen (secondary N) is 1. The highest BCUT2D eigenvalue weighted by Crippen LogP contribution is 2.12. The van der Waals surface area contributed by atoms with Crippen molar-refractivity contribution in [2.75, 3.05) is 6.54 Å². The summed E-state index contributed by atoms with van der Waals surface area (Å²) in [6, 6.07) is 13.1. The molecule has 132 valence electrons. The zero-order valence-electron chi connectivity index (χ0n) is 13.9. The molecule has 0 fully saturated rings. The molecule has 5 heteroatoms. The third-order valence-corrected chi connectivity index (χ3v) is 4.12. The van der Waals surface area contributed by atoms with Crippen molar-refractivity contribution >= 4 is 23.3 Å². The number of aryl methyl sites for hydroxylation is 1. The molecule has 0 spiro atoms. The van der Waals surface area contributed by atoms with Crippen LogP contribution in [0, 0.1) is 5.82 Å². The number of carbonyl (C=O) groups is 2. The van der Waals surface area contributed by atoms with Crippen LogP contribution in [0.3, 0.4) is 0 Å². The van der Waals surface area contributed by atoms with E-state index in [1.54, 1.807) is 36.4 Å². The Morgan fingerprint density at radius 2 is 1.60 bits per heavy atom. The first-order valence-corrected chi connectivity index (χ1v) is 8.72. The average molecular weight is 362 g/mol. The Morgan fingerprint density at radius 3 is 2.28 bits per heavy atom. The molecule has 0 aliphatic heterocycles. The molecule has 0 saturated heterocycles. The predicted octanol–water partition coefficient (Wildman–Crippen LogP) is 4.58. The molecule has 0 bridgehead atoms. The van der Waals surface area contributed by atoms with E-state index in [0.29, 0.717) is 17.1 Å². The number of rotatable bonds is 9. The van der Waals surface area contributed by atoms with Crippen molar-refractivity contribution in [2.45, 2.75) is 32.1 Å². The van der Waals surface area contributed by atoms with Gasteiger partial charge >= 0.3 is 0 Å². The van der Waals surface area contributed by atoms with Gasteiger partial charge in [0.05, 0.1) is 0 Å². The SMILES string of the molecule is O=C(CCC(=O)c1ccc(Cl)cc1)NCCCCc1ccc(F)cc1. The second kappa shape index (κ2) is 9.94. The maximum Gasteiger partial charge on any atom is 0.220 e. The Labute approximate surface area is 152 Å². The Balaban J connectivity index is 1.58. The number of Topliss-reactive ketones (excluding diaryl/α,β-unsaturated/α-hetero) is 1. The summed E-state index contributed by atoms with van der Waals surface area (Å²) < 4.78 is 12.8. The number of hydrogen-bond donors (Lipinski definition) is 1. The van der Waals surface area contributed by atoms with E-state index >= 15 is 0 Å². The quantitative estimate of drug-likeness (QED) is 0.525. The fourth-order valence-electron chi connectivity index (χ4n) is 2.43. The minimum absolute atomic E-state index is 0.0665. The summed E-state index contributed by atoms with van der Waals surface area (Å²) in [5.74, 6) is -0.420. The van der Waals surface area contributed by atoms with Gasteiger partial charge in [-0.3, -0.25) is 9.59 Å². The fraction of sp³-hybridized carbons (Fsp3) is 0.300. The van der Waals surface area contributed by atoms with Crippen molar-refractivity contribution in [1.29, 1.82) is 0 Å². The lowest BCUT2D eigenvalue weighted by atomic mass is 10.1. The minimum Gasteiger partial charge on any atom is -0.356 e. The van der Waals surface area contributed by atoms with E-state index in [0.717, 1.165) is 24.8 Å². The molecule has 0 atom stereocenters. The molecule has 0 unspecified atom stereocenters. The van der Waals surface area contributed by atoms with Gasteiger partial charge < -0.3 is 5.32 Å². The van der Waals surface area contributed by atoms with Gasteiger partial charge in [-0.25, -0.2) is 4.39 Å². The summed E-state index contributed by atoms with van der Waals surface area (Å²) in [5.41, 5.74) is 1.65. The molecule has 2 rings (SSSR count). The third-order valence-electron chi connectivity index (χ3n) is 3.87. The van der Waals surface area contributed by atoms with Gasteiger partial charge in [0, 0.05) is 30.0 Å². The van der Waals surface area contributed by atoms with E-state index in [-0.39, 0.29) is 30.3 Å². The molecule has 0 aliphatic rings. The lowest BCUT2D eigenvalue weighted by Crippen LogP contribution is -2.24. The molecule has 1 N–H and O–H groups in total. The van der Waals surface area contributed by atoms with E-state index in [9.17, 15) is 14.0 Å². The lowest BCUT2D eigenvalue weighted by molar-refractivity contribution is -0.121. The largest absolute Gasteiger partial charge is 0.356 e. The number of amides is 1. The molecule has 0 aliphatic carbocycles. The van der Waals surface area contributed by atoms with Crippen LogP contribution in [0.25, 0.3) is 0 Å². The number of hydrogen-bond acceptors (Lipinski definition) is 2. The average Bonchev–Trinajstić information content (AvgIpc) is 2.61. The highest BCUT2D eigenvalue weighted by atomic mass is 35.5. The molecule has 25 heavy (non-hydrogen) atoms. The molecule has 0 radical (unpaired) electrons. The van der Waals surface area contributed by atoms with Crippen LogP contribution in [0.4, 0.5) is 4.39 Å². The van der Waals surface area contributed by atoms with E-state index in [1.165, 1.54) is 12.1 Å². The van der Waals surface area contributed by atoms with Gasteiger partial charge in [-0.05, 0) is 61.2 Å². The van der Waals surface area contributed by atoms with Crippen LogP contribution in [0.2, 0.25) is 5.02 Å². The Hall–Kier alpha value is -2.20. The first kappa shape index (κ1) is 19.1. The molecule has 0 aromatic heterocycles. The summed E-state index contributed by atoms with van der Waals surface area (Å²) in [6.07, 6.45) is 2.97. The van der Waals surface area contributed by atoms with Gasteiger partial charge in [-0.2, -0.15) is 0 Å². The van der Waals surface area contributed by atoms with Crippen LogP contribution < -0.4 is 5.32 Å². The number of ketones is 1. The van der Waals surface area contributed by atoms with Gasteiger partial charge in [0.2, 0.25) is 5.91 Å². The van der Waals surface area contributed by atoms with E-state index in [2.05, 4.69) is 5.32 Å². The van der Waals surface area contributed by atoms with Crippen molar-refractivity contribution in [2.24, 2.45) is 0 Å². The summed E-state index contributed by atoms with van der Waals surface area (Å²) in [7, 11) is 0. The molecular weight excluding hydrogens is 341 g/mol. The first-order valence-electron chi connectivity index (χ1n) is 8.34. The second-order valence-corrected chi connectivity index (χ2v) is 6.30. The van der Waals surface area contributed by atoms with Crippen molar-refractivity contribution in [3.63, 3.8) is 0 Å². The van der Waals surface area contributed by atoms with Gasteiger partial charge in [0.1, 0.15) is 5.82 Å². The second-order valence-electron chi connectivity index (χ2n) is 5.86. The minimum atomic E-state index is -0.232. The monoisotopic (exact) mass is 361 g/mol. The molecule has 0 heterocycles. The maximum absolute atomic E-state index is 12.8. The molecule has 2 aromatic rings. The first-order chi connectivity index (χ1) is 12.0. The van der Waals surface area contributed by atoms with Crippen LogP contribution in [-0.4, -0.2) is 18.2 Å². The highest BCUT2D eigenvalue weighted by Gasteiger charge is 2.09. The summed E-state index contributed by atoms with van der Waals surface area (Å²) >= 11 is 5.78. The van der Waals surface area contributed by atoms with Crippen LogP contribution in [0.1, 0.15) is 41.6 Å². The third kappa shape index (κ3) is 7.06. The smallest absolute Gasteiger partial charge is 0.220 e. The zero-order valence-corrected chi connectivity index (χ0v) is 14.7. The van der Waals surface area contributed by atoms with E-state index in [1.807, 2.05) is 0 Å². The van der Waals surface area contributed by atoms with Gasteiger partial charge in [0.25, 0.3) is 0 Å². The Morgan fingerprint density at radius 1 is 0.920 bits per heavy atom. The van der Waals surface area contributed by atoms with Crippen molar-refractivity contribution < 1.29 is 14.0 Å². The van der Waals surface area contributed by atoms with Crippen molar-refractivity contribution in [1.82, 2.24) is 5.32 Å². The van der Waals surface area contributed by atoms with Gasteiger partial charge in [-0.15, -0.1) is 0 Å². The lowest BCUT2D eigenvalue weighted by Gasteiger charge is -2.06. The van der Waals surface area contributed by atoms with Crippen LogP contribution in [0.5, 0.6) is 0 Å². The number of halogens is 2. The predicted molar refractivity (Wildman–Crippen MR) is 97.4 cm³/mol. The standard InChI is InChI=1S/C20H21ClFNO2/c21-17-8-6-16(7-9-17)19(24)12-13-20(25)23-14-2-1-3-15-4-10-18(22)11-5-15/h4-11H,1-3,12-14H2,(H,23,25). The van der Waals surface area contributed by atoms with Crippen LogP contribution in [-0.2, 0) is 11.2 Å². The highest BCUT2D eigenvalue weighted by molar-refractivity contribution is 6.30. The maximum atomic E-state index is 12.8. The van der Waals surface area contributed by atoms with E-state index < -0.39 is 0 Å². The van der Waals surface area contributed by atoms with Crippen LogP contribution >= 0.6 is 11.6 Å². The Bertz CT molecular complexity index is 699. The van der Waals surface area contributed by atoms with Crippen molar-refractivity contribution in [3.8, 4) is 0 Å².